The highest BCUT2D eigenvalue weighted by Gasteiger charge is 2.44. The molecule has 1 unspecified atom stereocenters. The molecular formula is C25H29N3O6. The Bertz CT molecular complexity index is 1110. The van der Waals surface area contributed by atoms with Crippen LogP contribution in [0.1, 0.15) is 67.9 Å². The molecule has 4 aliphatic rings. The molecule has 1 aromatic rings. The van der Waals surface area contributed by atoms with Gasteiger partial charge in [-0.1, -0.05) is 12.1 Å². The van der Waals surface area contributed by atoms with Crippen LogP contribution in [0, 0.1) is 0 Å². The highest BCUT2D eigenvalue weighted by molar-refractivity contribution is 6.06. The van der Waals surface area contributed by atoms with Crippen LogP contribution in [0.5, 0.6) is 5.75 Å². The monoisotopic (exact) mass is 467 g/mol. The van der Waals surface area contributed by atoms with Crippen molar-refractivity contribution in [3.05, 3.63) is 34.9 Å². The molecule has 34 heavy (non-hydrogen) atoms. The van der Waals surface area contributed by atoms with Gasteiger partial charge in [0.05, 0.1) is 6.54 Å². The molecule has 1 spiro atoms. The van der Waals surface area contributed by atoms with E-state index in [1.165, 1.54) is 4.90 Å². The number of piperidine rings is 2. The first kappa shape index (κ1) is 22.4. The van der Waals surface area contributed by atoms with Crippen molar-refractivity contribution in [3.8, 4) is 5.75 Å². The summed E-state index contributed by atoms with van der Waals surface area (Å²) in [6.07, 6.45) is 5.48. The summed E-state index contributed by atoms with van der Waals surface area (Å²) in [7, 11) is 0. The first-order chi connectivity index (χ1) is 16.1. The molecule has 4 heterocycles. The summed E-state index contributed by atoms with van der Waals surface area (Å²) in [6, 6.07) is 2.97. The number of nitrogens with zero attached hydrogens (tertiary/aromatic N) is 2. The normalized spacial score (nSPS) is 23.4. The minimum absolute atomic E-state index is 0.213. The van der Waals surface area contributed by atoms with Gasteiger partial charge in [0.15, 0.2) is 0 Å². The van der Waals surface area contributed by atoms with Gasteiger partial charge in [-0.15, -0.1) is 0 Å². The zero-order valence-electron chi connectivity index (χ0n) is 19.7. The van der Waals surface area contributed by atoms with E-state index in [1.807, 2.05) is 39.0 Å². The van der Waals surface area contributed by atoms with Gasteiger partial charge in [0.1, 0.15) is 23.0 Å². The minimum atomic E-state index is -0.668. The fraction of sp³-hybridized carbons (Fsp3) is 0.520. The Hall–Kier alpha value is -3.36. The van der Waals surface area contributed by atoms with Gasteiger partial charge in [-0.3, -0.25) is 19.7 Å². The quantitative estimate of drug-likeness (QED) is 0.637. The molecule has 1 N–H and O–H groups in total. The van der Waals surface area contributed by atoms with Crippen LogP contribution in [0.4, 0.5) is 4.79 Å². The number of ether oxygens (including phenoxy) is 2. The van der Waals surface area contributed by atoms with E-state index in [-0.39, 0.29) is 30.9 Å². The van der Waals surface area contributed by atoms with Crippen LogP contribution in [0.2, 0.25) is 0 Å². The van der Waals surface area contributed by atoms with Gasteiger partial charge >= 0.3 is 6.09 Å². The van der Waals surface area contributed by atoms with Crippen LogP contribution in [-0.4, -0.2) is 63.9 Å². The molecule has 2 saturated heterocycles. The van der Waals surface area contributed by atoms with Crippen LogP contribution in [0.15, 0.2) is 18.2 Å². The van der Waals surface area contributed by atoms with Crippen molar-refractivity contribution in [2.24, 2.45) is 0 Å². The lowest BCUT2D eigenvalue weighted by molar-refractivity contribution is -0.136. The maximum atomic E-state index is 13.1. The lowest BCUT2D eigenvalue weighted by Gasteiger charge is -2.42. The second kappa shape index (κ2) is 7.85. The average molecular weight is 468 g/mol. The molecule has 180 valence electrons. The Morgan fingerprint density at radius 1 is 1.18 bits per heavy atom. The van der Waals surface area contributed by atoms with E-state index in [1.54, 1.807) is 11.0 Å². The Labute approximate surface area is 198 Å². The molecule has 4 amide bonds. The van der Waals surface area contributed by atoms with E-state index in [0.717, 1.165) is 11.1 Å². The predicted octanol–water partition coefficient (Wildman–Crippen LogP) is 2.62. The lowest BCUT2D eigenvalue weighted by atomic mass is 9.87. The van der Waals surface area contributed by atoms with Gasteiger partial charge in [0.2, 0.25) is 11.8 Å². The summed E-state index contributed by atoms with van der Waals surface area (Å²) in [4.78, 5) is 52.7. The number of carbonyl (C=O) groups excluding carboxylic acids is 4. The number of amides is 4. The van der Waals surface area contributed by atoms with Crippen LogP contribution in [0.25, 0.3) is 6.08 Å². The third kappa shape index (κ3) is 3.93. The van der Waals surface area contributed by atoms with Gasteiger partial charge in [-0.2, -0.15) is 0 Å². The second-order valence-corrected chi connectivity index (χ2v) is 10.4. The van der Waals surface area contributed by atoms with Crippen LogP contribution >= 0.6 is 0 Å². The molecular weight excluding hydrogens is 438 g/mol. The maximum absolute atomic E-state index is 13.1. The molecule has 1 atom stereocenters. The smallest absolute Gasteiger partial charge is 0.410 e. The summed E-state index contributed by atoms with van der Waals surface area (Å²) in [6.45, 7) is 6.81. The summed E-state index contributed by atoms with van der Waals surface area (Å²) in [5.74, 6) is -0.304. The number of likely N-dealkylation sites (tertiary alicyclic amines) is 1. The predicted molar refractivity (Wildman–Crippen MR) is 122 cm³/mol. The molecule has 4 aliphatic heterocycles. The molecule has 9 nitrogen and oxygen atoms in total. The molecule has 0 bridgehead atoms. The number of imide groups is 1. The third-order valence-corrected chi connectivity index (χ3v) is 6.83. The molecule has 0 aromatic heterocycles. The van der Waals surface area contributed by atoms with Crippen molar-refractivity contribution in [2.75, 3.05) is 13.1 Å². The first-order valence-electron chi connectivity index (χ1n) is 11.7. The lowest BCUT2D eigenvalue weighted by Crippen LogP contribution is -2.52. The van der Waals surface area contributed by atoms with Gasteiger partial charge < -0.3 is 19.3 Å². The Morgan fingerprint density at radius 2 is 1.91 bits per heavy atom. The van der Waals surface area contributed by atoms with E-state index in [2.05, 4.69) is 5.32 Å². The SMILES string of the molecule is CC(C)(C)OC(=O)N1CCC2(C=Cc3ccc4c(c3O2)CN(C2CCC(=O)NC2=O)C4=O)CC1. The standard InChI is InChI=1S/C25H29N3O6/c1-24(2,3)34-23(32)27-12-10-25(11-13-27)9-8-15-4-5-16-17(20(15)33-25)14-28(22(16)31)18-6-7-19(29)26-21(18)30/h4-5,8-9,18H,6-7,10-14H2,1-3H3,(H,26,29,30). The summed E-state index contributed by atoms with van der Waals surface area (Å²) >= 11 is 0. The van der Waals surface area contributed by atoms with Gasteiger partial charge in [-0.05, 0) is 39.3 Å². The molecule has 5 rings (SSSR count). The zero-order chi connectivity index (χ0) is 24.3. The highest BCUT2D eigenvalue weighted by atomic mass is 16.6. The second-order valence-electron chi connectivity index (χ2n) is 10.4. The van der Waals surface area contributed by atoms with E-state index in [0.29, 0.717) is 43.7 Å². The van der Waals surface area contributed by atoms with E-state index >= 15 is 0 Å². The zero-order valence-corrected chi connectivity index (χ0v) is 19.7. The van der Waals surface area contributed by atoms with Crippen molar-refractivity contribution >= 4 is 29.9 Å². The van der Waals surface area contributed by atoms with E-state index < -0.39 is 23.2 Å². The van der Waals surface area contributed by atoms with Crippen molar-refractivity contribution in [1.82, 2.24) is 15.1 Å². The molecule has 0 radical (unpaired) electrons. The molecule has 2 fully saturated rings. The van der Waals surface area contributed by atoms with Crippen molar-refractivity contribution < 1.29 is 28.7 Å². The molecule has 9 heteroatoms. The number of benzene rings is 1. The van der Waals surface area contributed by atoms with Crippen LogP contribution in [0.3, 0.4) is 0 Å². The maximum Gasteiger partial charge on any atom is 0.410 e. The van der Waals surface area contributed by atoms with Crippen molar-refractivity contribution in [3.63, 3.8) is 0 Å². The van der Waals surface area contributed by atoms with Gasteiger partial charge in [-0.25, -0.2) is 4.79 Å². The van der Waals surface area contributed by atoms with Crippen LogP contribution < -0.4 is 10.1 Å². The van der Waals surface area contributed by atoms with E-state index in [4.69, 9.17) is 9.47 Å². The highest BCUT2D eigenvalue weighted by Crippen LogP contribution is 2.43. The number of nitrogens with one attached hydrogen (secondary N) is 1. The Kier molecular flexibility index (Phi) is 5.18. The van der Waals surface area contributed by atoms with Crippen LogP contribution in [-0.2, 0) is 20.9 Å². The Balaban J connectivity index is 1.33. The molecule has 0 aliphatic carbocycles. The van der Waals surface area contributed by atoms with Crippen molar-refractivity contribution in [2.45, 2.75) is 70.2 Å². The Morgan fingerprint density at radius 3 is 2.59 bits per heavy atom. The minimum Gasteiger partial charge on any atom is -0.482 e. The fourth-order valence-electron chi connectivity index (χ4n) is 5.03. The molecule has 0 saturated carbocycles. The number of rotatable bonds is 1. The average Bonchev–Trinajstić information content (AvgIpc) is 3.10. The topological polar surface area (TPSA) is 105 Å². The summed E-state index contributed by atoms with van der Waals surface area (Å²) in [5.41, 5.74) is 1.07. The fourth-order valence-corrected chi connectivity index (χ4v) is 5.03. The van der Waals surface area contributed by atoms with Gasteiger partial charge in [0, 0.05) is 49.0 Å². The molecule has 1 aromatic carbocycles. The van der Waals surface area contributed by atoms with Gasteiger partial charge in [0.25, 0.3) is 5.91 Å². The summed E-state index contributed by atoms with van der Waals surface area (Å²) < 4.78 is 12.1. The number of fused-ring (bicyclic) bond motifs is 3. The number of hydrogen-bond donors (Lipinski definition) is 1. The summed E-state index contributed by atoms with van der Waals surface area (Å²) in [5, 5.41) is 2.33. The number of hydrogen-bond acceptors (Lipinski definition) is 6. The van der Waals surface area contributed by atoms with Crippen molar-refractivity contribution in [1.29, 1.82) is 0 Å². The third-order valence-electron chi connectivity index (χ3n) is 6.83. The largest absolute Gasteiger partial charge is 0.482 e. The number of carbonyl (C=O) groups is 4. The van der Waals surface area contributed by atoms with E-state index in [9.17, 15) is 19.2 Å². The first-order valence-corrected chi connectivity index (χ1v) is 11.7.